The van der Waals surface area contributed by atoms with E-state index in [-0.39, 0.29) is 0 Å². The van der Waals surface area contributed by atoms with Crippen molar-refractivity contribution in [1.82, 2.24) is 0 Å². The lowest BCUT2D eigenvalue weighted by molar-refractivity contribution is 0.177. The van der Waals surface area contributed by atoms with Gasteiger partial charge in [0.2, 0.25) is 0 Å². The van der Waals surface area contributed by atoms with Crippen molar-refractivity contribution in [3.63, 3.8) is 0 Å². The molecule has 0 radical (unpaired) electrons. The molecule has 0 aliphatic carbocycles. The highest BCUT2D eigenvalue weighted by atomic mass is 28.3. The van der Waals surface area contributed by atoms with E-state index in [4.69, 9.17) is 4.74 Å². The SMILES string of the molecule is C=CCOCC[Si](C)(C)C. The Kier molecular flexibility index (Phi) is 4.65. The fourth-order valence-electron chi connectivity index (χ4n) is 0.545. The zero-order valence-corrected chi connectivity index (χ0v) is 8.31. The van der Waals surface area contributed by atoms with Crippen molar-refractivity contribution >= 4 is 8.07 Å². The second-order valence-electron chi connectivity index (χ2n) is 3.67. The van der Waals surface area contributed by atoms with Crippen LogP contribution < -0.4 is 0 Å². The highest BCUT2D eigenvalue weighted by molar-refractivity contribution is 6.76. The largest absolute Gasteiger partial charge is 0.378 e. The van der Waals surface area contributed by atoms with Gasteiger partial charge in [0.05, 0.1) is 6.61 Å². The van der Waals surface area contributed by atoms with Crippen LogP contribution in [0.2, 0.25) is 25.7 Å². The number of hydrogen-bond acceptors (Lipinski definition) is 1. The van der Waals surface area contributed by atoms with Crippen molar-refractivity contribution in [3.05, 3.63) is 12.7 Å². The Morgan fingerprint density at radius 2 is 2.00 bits per heavy atom. The topological polar surface area (TPSA) is 9.23 Å². The van der Waals surface area contributed by atoms with E-state index in [0.717, 1.165) is 6.61 Å². The third-order valence-electron chi connectivity index (χ3n) is 1.23. The molecular formula is C8H18OSi. The third-order valence-corrected chi connectivity index (χ3v) is 2.94. The van der Waals surface area contributed by atoms with E-state index in [1.807, 2.05) is 0 Å². The second kappa shape index (κ2) is 4.69. The molecule has 0 spiro atoms. The molecule has 1 nitrogen and oxygen atoms in total. The van der Waals surface area contributed by atoms with Crippen LogP contribution in [0.4, 0.5) is 0 Å². The Bertz CT molecular complexity index is 93.9. The van der Waals surface area contributed by atoms with Gasteiger partial charge in [-0.25, -0.2) is 0 Å². The minimum Gasteiger partial charge on any atom is -0.378 e. The van der Waals surface area contributed by atoms with E-state index in [1.165, 1.54) is 6.04 Å². The molecule has 60 valence electrons. The Balaban J connectivity index is 3.12. The van der Waals surface area contributed by atoms with Crippen LogP contribution >= 0.6 is 0 Å². The molecule has 0 saturated heterocycles. The average molecular weight is 158 g/mol. The minimum atomic E-state index is -0.867. The van der Waals surface area contributed by atoms with Crippen molar-refractivity contribution in [2.45, 2.75) is 25.7 Å². The number of rotatable bonds is 5. The number of ether oxygens (including phenoxy) is 1. The second-order valence-corrected chi connectivity index (χ2v) is 9.30. The maximum atomic E-state index is 5.28. The monoisotopic (exact) mass is 158 g/mol. The van der Waals surface area contributed by atoms with E-state index in [2.05, 4.69) is 26.2 Å². The van der Waals surface area contributed by atoms with Crippen molar-refractivity contribution in [2.75, 3.05) is 13.2 Å². The van der Waals surface area contributed by atoms with Crippen LogP contribution in [0.3, 0.4) is 0 Å². The van der Waals surface area contributed by atoms with E-state index >= 15 is 0 Å². The minimum absolute atomic E-state index is 0.699. The Morgan fingerprint density at radius 1 is 1.40 bits per heavy atom. The van der Waals surface area contributed by atoms with Crippen LogP contribution in [0.15, 0.2) is 12.7 Å². The van der Waals surface area contributed by atoms with Crippen LogP contribution in [-0.2, 0) is 4.74 Å². The predicted octanol–water partition coefficient (Wildman–Crippen LogP) is 2.53. The summed E-state index contributed by atoms with van der Waals surface area (Å²) in [5.41, 5.74) is 0. The van der Waals surface area contributed by atoms with Crippen molar-refractivity contribution in [1.29, 1.82) is 0 Å². The van der Waals surface area contributed by atoms with Crippen LogP contribution in [0.5, 0.6) is 0 Å². The molecule has 0 heterocycles. The predicted molar refractivity (Wildman–Crippen MR) is 49.2 cm³/mol. The van der Waals surface area contributed by atoms with E-state index in [0.29, 0.717) is 6.61 Å². The Hall–Kier alpha value is -0.0831. The van der Waals surface area contributed by atoms with Gasteiger partial charge in [0.15, 0.2) is 0 Å². The highest BCUT2D eigenvalue weighted by Crippen LogP contribution is 2.07. The normalized spacial score (nSPS) is 11.5. The molecule has 0 bridgehead atoms. The molecule has 0 aromatic rings. The molecule has 2 heteroatoms. The molecule has 0 aromatic carbocycles. The maximum absolute atomic E-state index is 5.28. The summed E-state index contributed by atoms with van der Waals surface area (Å²) in [4.78, 5) is 0. The zero-order chi connectivity index (χ0) is 8.04. The Morgan fingerprint density at radius 3 is 2.40 bits per heavy atom. The van der Waals surface area contributed by atoms with Gasteiger partial charge in [-0.15, -0.1) is 6.58 Å². The summed E-state index contributed by atoms with van der Waals surface area (Å²) < 4.78 is 5.28. The summed E-state index contributed by atoms with van der Waals surface area (Å²) in [6.07, 6.45) is 1.80. The summed E-state index contributed by atoms with van der Waals surface area (Å²) in [5.74, 6) is 0. The molecule has 0 saturated carbocycles. The molecule has 0 aromatic heterocycles. The first-order chi connectivity index (χ1) is 4.56. The van der Waals surface area contributed by atoms with Crippen molar-refractivity contribution in [2.24, 2.45) is 0 Å². The lowest BCUT2D eigenvalue weighted by atomic mass is 10.7. The summed E-state index contributed by atoms with van der Waals surface area (Å²) >= 11 is 0. The molecule has 10 heavy (non-hydrogen) atoms. The average Bonchev–Trinajstić information content (AvgIpc) is 1.78. The first kappa shape index (κ1) is 9.92. The first-order valence-electron chi connectivity index (χ1n) is 3.75. The summed E-state index contributed by atoms with van der Waals surface area (Å²) in [7, 11) is -0.867. The van der Waals surface area contributed by atoms with Gasteiger partial charge in [-0.3, -0.25) is 0 Å². The summed E-state index contributed by atoms with van der Waals surface area (Å²) in [6.45, 7) is 12.2. The molecule has 0 amide bonds. The molecule has 0 atom stereocenters. The van der Waals surface area contributed by atoms with Crippen molar-refractivity contribution in [3.8, 4) is 0 Å². The van der Waals surface area contributed by atoms with Crippen LogP contribution in [0, 0.1) is 0 Å². The summed E-state index contributed by atoms with van der Waals surface area (Å²) in [5, 5.41) is 0. The van der Waals surface area contributed by atoms with Gasteiger partial charge in [-0.2, -0.15) is 0 Å². The van der Waals surface area contributed by atoms with Gasteiger partial charge in [0.1, 0.15) is 0 Å². The van der Waals surface area contributed by atoms with Gasteiger partial charge >= 0.3 is 0 Å². The first-order valence-corrected chi connectivity index (χ1v) is 7.45. The van der Waals surface area contributed by atoms with E-state index in [1.54, 1.807) is 6.08 Å². The molecule has 0 aliphatic heterocycles. The maximum Gasteiger partial charge on any atom is 0.0644 e. The smallest absolute Gasteiger partial charge is 0.0644 e. The van der Waals surface area contributed by atoms with Crippen LogP contribution in [0.1, 0.15) is 0 Å². The van der Waals surface area contributed by atoms with Crippen LogP contribution in [-0.4, -0.2) is 21.3 Å². The molecule has 0 unspecified atom stereocenters. The molecule has 0 N–H and O–H groups in total. The van der Waals surface area contributed by atoms with Crippen molar-refractivity contribution < 1.29 is 4.74 Å². The molecule has 0 aliphatic rings. The quantitative estimate of drug-likeness (QED) is 0.339. The van der Waals surface area contributed by atoms with E-state index < -0.39 is 8.07 Å². The van der Waals surface area contributed by atoms with Gasteiger partial charge in [-0.05, 0) is 6.04 Å². The van der Waals surface area contributed by atoms with Gasteiger partial charge in [0.25, 0.3) is 0 Å². The van der Waals surface area contributed by atoms with Gasteiger partial charge < -0.3 is 4.74 Å². The fourth-order valence-corrected chi connectivity index (χ4v) is 1.30. The van der Waals surface area contributed by atoms with Crippen LogP contribution in [0.25, 0.3) is 0 Å². The van der Waals surface area contributed by atoms with Gasteiger partial charge in [-0.1, -0.05) is 25.7 Å². The highest BCUT2D eigenvalue weighted by Gasteiger charge is 2.11. The standard InChI is InChI=1S/C8H18OSi/c1-5-6-9-7-8-10(2,3)4/h5H,1,6-8H2,2-4H3. The molecular weight excluding hydrogens is 140 g/mol. The van der Waals surface area contributed by atoms with Gasteiger partial charge in [0, 0.05) is 14.7 Å². The fraction of sp³-hybridized carbons (Fsp3) is 0.750. The molecule has 0 rings (SSSR count). The summed E-state index contributed by atoms with van der Waals surface area (Å²) in [6, 6.07) is 1.25. The number of hydrogen-bond donors (Lipinski definition) is 0. The Labute approximate surface area is 65.1 Å². The molecule has 0 fully saturated rings. The lowest BCUT2D eigenvalue weighted by Gasteiger charge is -2.14. The van der Waals surface area contributed by atoms with E-state index in [9.17, 15) is 0 Å². The third kappa shape index (κ3) is 7.92. The lowest BCUT2D eigenvalue weighted by Crippen LogP contribution is -2.21. The zero-order valence-electron chi connectivity index (χ0n) is 7.31.